The van der Waals surface area contributed by atoms with Gasteiger partial charge in [0.05, 0.1) is 0 Å². The number of Topliss-reactive ketones (excluding diaryl/α,β-unsaturated/α-hetero) is 1. The first-order valence-corrected chi connectivity index (χ1v) is 6.57. The third kappa shape index (κ3) is 2.88. The Morgan fingerprint density at radius 3 is 1.94 bits per heavy atom. The van der Waals surface area contributed by atoms with E-state index in [0.29, 0.717) is 0 Å². The zero-order valence-corrected chi connectivity index (χ0v) is 12.4. The summed E-state index contributed by atoms with van der Waals surface area (Å²) in [4.78, 5) is 12.7. The molecule has 0 radical (unpaired) electrons. The van der Waals surface area contributed by atoms with Crippen LogP contribution in [0.2, 0.25) is 0 Å². The van der Waals surface area contributed by atoms with Crippen molar-refractivity contribution in [1.82, 2.24) is 0 Å². The van der Waals surface area contributed by atoms with Gasteiger partial charge in [0.2, 0.25) is 0 Å². The molecule has 1 heteroatoms. The predicted molar refractivity (Wildman–Crippen MR) is 73.9 cm³/mol. The first kappa shape index (κ1) is 14.2. The lowest BCUT2D eigenvalue weighted by atomic mass is 9.70. The van der Waals surface area contributed by atoms with Crippen molar-refractivity contribution in [3.63, 3.8) is 0 Å². The van der Waals surface area contributed by atoms with E-state index in [2.05, 4.69) is 54.5 Å². The molecule has 0 atom stereocenters. The van der Waals surface area contributed by atoms with Crippen molar-refractivity contribution >= 4 is 5.78 Å². The topological polar surface area (TPSA) is 17.1 Å². The second-order valence-electron chi connectivity index (χ2n) is 6.98. The van der Waals surface area contributed by atoms with Crippen LogP contribution in [0.4, 0.5) is 0 Å². The highest BCUT2D eigenvalue weighted by molar-refractivity contribution is 6.11. The summed E-state index contributed by atoms with van der Waals surface area (Å²) < 4.78 is 0. The van der Waals surface area contributed by atoms with E-state index in [4.69, 9.17) is 0 Å². The normalized spacial score (nSPS) is 18.5. The minimum atomic E-state index is -0.0488. The first-order valence-electron chi connectivity index (χ1n) is 6.57. The number of ketones is 1. The van der Waals surface area contributed by atoms with Gasteiger partial charge in [0, 0.05) is 11.1 Å². The lowest BCUT2D eigenvalue weighted by Crippen LogP contribution is -2.29. The maximum absolute atomic E-state index is 12.7. The van der Waals surface area contributed by atoms with Gasteiger partial charge < -0.3 is 0 Å². The number of hydrogen-bond acceptors (Lipinski definition) is 1. The maximum atomic E-state index is 12.7. The van der Waals surface area contributed by atoms with Crippen LogP contribution in [0.1, 0.15) is 61.3 Å². The van der Waals surface area contributed by atoms with Crippen LogP contribution < -0.4 is 0 Å². The summed E-state index contributed by atoms with van der Waals surface area (Å²) in [6.45, 7) is 14.9. The Bertz CT molecular complexity index is 381. The largest absolute Gasteiger partial charge is 0.289 e. The molecule has 0 aromatic carbocycles. The third-order valence-corrected chi connectivity index (χ3v) is 3.36. The van der Waals surface area contributed by atoms with Gasteiger partial charge in [-0.05, 0) is 23.7 Å². The van der Waals surface area contributed by atoms with Crippen molar-refractivity contribution in [3.8, 4) is 0 Å². The Kier molecular flexibility index (Phi) is 3.71. The molecule has 0 aromatic rings. The van der Waals surface area contributed by atoms with Crippen LogP contribution in [-0.2, 0) is 4.79 Å². The highest BCUT2D eigenvalue weighted by atomic mass is 16.1. The zero-order chi connectivity index (χ0) is 13.4. The Hall–Kier alpha value is -0.850. The summed E-state index contributed by atoms with van der Waals surface area (Å²) in [5.41, 5.74) is 3.25. The van der Waals surface area contributed by atoms with E-state index in [1.807, 2.05) is 0 Å². The Balaban J connectivity index is 3.25. The van der Waals surface area contributed by atoms with Gasteiger partial charge in [-0.25, -0.2) is 0 Å². The van der Waals surface area contributed by atoms with Gasteiger partial charge in [-0.1, -0.05) is 60.1 Å². The average molecular weight is 234 g/mol. The Labute approximate surface area is 106 Å². The van der Waals surface area contributed by atoms with Gasteiger partial charge in [0.25, 0.3) is 0 Å². The summed E-state index contributed by atoms with van der Waals surface area (Å²) in [6, 6.07) is 0. The number of rotatable bonds is 1. The molecule has 0 amide bonds. The second kappa shape index (κ2) is 4.44. The molecule has 0 spiro atoms. The molecule has 0 saturated heterocycles. The lowest BCUT2D eigenvalue weighted by molar-refractivity contribution is -0.114. The molecule has 0 aromatic heterocycles. The molecule has 1 rings (SSSR count). The number of carbonyl (C=O) groups is 1. The van der Waals surface area contributed by atoms with Crippen molar-refractivity contribution in [2.45, 2.75) is 61.3 Å². The molecular formula is C16H26O. The zero-order valence-electron chi connectivity index (χ0n) is 12.4. The molecule has 96 valence electrons. The van der Waals surface area contributed by atoms with Crippen molar-refractivity contribution in [2.24, 2.45) is 10.8 Å². The van der Waals surface area contributed by atoms with E-state index in [9.17, 15) is 4.79 Å². The van der Waals surface area contributed by atoms with Crippen LogP contribution in [-0.4, -0.2) is 5.78 Å². The van der Waals surface area contributed by atoms with Crippen LogP contribution in [0.3, 0.4) is 0 Å². The predicted octanol–water partition coefficient (Wildman–Crippen LogP) is 4.68. The Morgan fingerprint density at radius 1 is 1.06 bits per heavy atom. The molecular weight excluding hydrogens is 208 g/mol. The van der Waals surface area contributed by atoms with E-state index in [1.54, 1.807) is 0 Å². The monoisotopic (exact) mass is 234 g/mol. The molecule has 17 heavy (non-hydrogen) atoms. The minimum Gasteiger partial charge on any atom is -0.289 e. The molecule has 0 fully saturated rings. The van der Waals surface area contributed by atoms with Crippen molar-refractivity contribution in [3.05, 3.63) is 22.8 Å². The van der Waals surface area contributed by atoms with Crippen molar-refractivity contribution in [2.75, 3.05) is 0 Å². The second-order valence-corrected chi connectivity index (χ2v) is 6.98. The van der Waals surface area contributed by atoms with Crippen LogP contribution in [0.5, 0.6) is 0 Å². The summed E-state index contributed by atoms with van der Waals surface area (Å²) >= 11 is 0. The molecule has 0 N–H and O–H groups in total. The van der Waals surface area contributed by atoms with Crippen LogP contribution >= 0.6 is 0 Å². The van der Waals surface area contributed by atoms with Gasteiger partial charge in [-0.3, -0.25) is 4.79 Å². The minimum absolute atomic E-state index is 0.0484. The van der Waals surface area contributed by atoms with Crippen molar-refractivity contribution < 1.29 is 4.79 Å². The highest BCUT2D eigenvalue weighted by Crippen LogP contribution is 2.40. The summed E-state index contributed by atoms with van der Waals surface area (Å²) in [5.74, 6) is 0.271. The van der Waals surface area contributed by atoms with Crippen LogP contribution in [0, 0.1) is 10.8 Å². The molecule has 0 saturated carbocycles. The molecule has 0 bridgehead atoms. The molecule has 1 nitrogen and oxygen atoms in total. The number of allylic oxidation sites excluding steroid dienone is 4. The van der Waals surface area contributed by atoms with Gasteiger partial charge in [-0.2, -0.15) is 0 Å². The standard InChI is InChI=1S/C16H26O/c1-8-11-9-10-12(15(2,3)4)14(17)13(11)16(5,6)7/h10H,8-9H2,1-7H3. The fourth-order valence-electron chi connectivity index (χ4n) is 2.55. The van der Waals surface area contributed by atoms with Crippen LogP contribution in [0.25, 0.3) is 0 Å². The fraction of sp³-hybridized carbons (Fsp3) is 0.688. The first-order chi connectivity index (χ1) is 7.59. The average Bonchev–Trinajstić information content (AvgIpc) is 2.12. The third-order valence-electron chi connectivity index (χ3n) is 3.36. The highest BCUT2D eigenvalue weighted by Gasteiger charge is 2.35. The van der Waals surface area contributed by atoms with E-state index in [0.717, 1.165) is 24.0 Å². The molecule has 0 aliphatic heterocycles. The van der Waals surface area contributed by atoms with E-state index in [-0.39, 0.29) is 16.6 Å². The smallest absolute Gasteiger partial charge is 0.185 e. The van der Waals surface area contributed by atoms with E-state index >= 15 is 0 Å². The van der Waals surface area contributed by atoms with Gasteiger partial charge >= 0.3 is 0 Å². The van der Waals surface area contributed by atoms with Crippen LogP contribution in [0.15, 0.2) is 22.8 Å². The van der Waals surface area contributed by atoms with Gasteiger partial charge in [-0.15, -0.1) is 0 Å². The molecule has 1 aliphatic carbocycles. The van der Waals surface area contributed by atoms with E-state index in [1.165, 1.54) is 5.57 Å². The number of hydrogen-bond donors (Lipinski definition) is 0. The van der Waals surface area contributed by atoms with Gasteiger partial charge in [0.15, 0.2) is 5.78 Å². The molecule has 0 unspecified atom stereocenters. The SMILES string of the molecule is CCC1=C(C(C)(C)C)C(=O)C(C(C)(C)C)=CC1. The summed E-state index contributed by atoms with van der Waals surface area (Å²) in [7, 11) is 0. The van der Waals surface area contributed by atoms with Crippen molar-refractivity contribution in [1.29, 1.82) is 0 Å². The molecule has 1 aliphatic rings. The summed E-state index contributed by atoms with van der Waals surface area (Å²) in [6.07, 6.45) is 4.06. The Morgan fingerprint density at radius 2 is 1.59 bits per heavy atom. The fourth-order valence-corrected chi connectivity index (χ4v) is 2.55. The number of carbonyl (C=O) groups excluding carboxylic acids is 1. The lowest BCUT2D eigenvalue weighted by Gasteiger charge is -2.33. The van der Waals surface area contributed by atoms with E-state index < -0.39 is 0 Å². The van der Waals surface area contributed by atoms with Gasteiger partial charge in [0.1, 0.15) is 0 Å². The quantitative estimate of drug-likeness (QED) is 0.643. The summed E-state index contributed by atoms with van der Waals surface area (Å²) in [5, 5.41) is 0. The molecule has 0 heterocycles. The maximum Gasteiger partial charge on any atom is 0.185 e.